The fraction of sp³-hybridized carbons (Fsp3) is 0.357. The number of carbonyl (C=O) groups is 3. The smallest absolute Gasteiger partial charge is 0.336 e. The fourth-order valence-corrected chi connectivity index (χ4v) is 4.29. The minimum absolute atomic E-state index is 0.00621. The van der Waals surface area contributed by atoms with Gasteiger partial charge >= 0.3 is 17.9 Å². The van der Waals surface area contributed by atoms with Gasteiger partial charge in [0, 0.05) is 31.8 Å². The third kappa shape index (κ3) is 8.70. The van der Waals surface area contributed by atoms with Crippen LogP contribution in [-0.2, 0) is 32.2 Å². The lowest BCUT2D eigenvalue weighted by molar-refractivity contribution is -0.170. The molecule has 1 atom stereocenters. The monoisotopic (exact) mass is 559 g/mol. The van der Waals surface area contributed by atoms with Crippen LogP contribution in [0.5, 0.6) is 0 Å². The van der Waals surface area contributed by atoms with E-state index < -0.39 is 36.4 Å². The molecule has 40 heavy (non-hydrogen) atoms. The lowest BCUT2D eigenvalue weighted by Gasteiger charge is -2.25. The highest BCUT2D eigenvalue weighted by molar-refractivity contribution is 5.88. The number of aliphatic hydroxyl groups is 1. The van der Waals surface area contributed by atoms with Gasteiger partial charge < -0.3 is 29.6 Å². The number of rotatable bonds is 11. The first kappa shape index (κ1) is 30.4. The van der Waals surface area contributed by atoms with Crippen molar-refractivity contribution < 1.29 is 48.4 Å². The highest BCUT2D eigenvalue weighted by Crippen LogP contribution is 2.18. The molecule has 2 heterocycles. The molecule has 4 N–H and O–H groups in total. The second kappa shape index (κ2) is 13.8. The summed E-state index contributed by atoms with van der Waals surface area (Å²) in [7, 11) is 0. The van der Waals surface area contributed by atoms with Gasteiger partial charge in [0.15, 0.2) is 11.0 Å². The van der Waals surface area contributed by atoms with Gasteiger partial charge in [-0.05, 0) is 42.7 Å². The van der Waals surface area contributed by atoms with E-state index in [1.54, 1.807) is 30.5 Å². The average molecular weight is 560 g/mol. The molecule has 1 unspecified atom stereocenters. The van der Waals surface area contributed by atoms with E-state index in [9.17, 15) is 23.6 Å². The van der Waals surface area contributed by atoms with Crippen molar-refractivity contribution in [2.24, 2.45) is 0 Å². The molecule has 1 aromatic heterocycles. The Hall–Kier alpha value is -4.13. The van der Waals surface area contributed by atoms with E-state index in [0.717, 1.165) is 31.6 Å². The number of ether oxygens (including phenoxy) is 1. The Bertz CT molecular complexity index is 1370. The summed E-state index contributed by atoms with van der Waals surface area (Å²) in [5.41, 5.74) is -0.533. The molecule has 1 saturated heterocycles. The van der Waals surface area contributed by atoms with Crippen LogP contribution in [0.25, 0.3) is 11.0 Å². The first-order chi connectivity index (χ1) is 19.0. The Labute approximate surface area is 228 Å². The first-order valence-corrected chi connectivity index (χ1v) is 12.4. The molecule has 0 amide bonds. The quantitative estimate of drug-likeness (QED) is 0.272. The van der Waals surface area contributed by atoms with Gasteiger partial charge in [0.25, 0.3) is 0 Å². The summed E-state index contributed by atoms with van der Waals surface area (Å²) < 4.78 is 24.6. The second-order valence-corrected chi connectivity index (χ2v) is 9.50. The first-order valence-electron chi connectivity index (χ1n) is 12.4. The minimum Gasteiger partial charge on any atom is -0.481 e. The Kier molecular flexibility index (Phi) is 10.5. The Balaban J connectivity index is 0.000000289. The predicted octanol–water partition coefficient (Wildman–Crippen LogP) is 2.86. The number of fused-ring (bicyclic) bond motifs is 1. The van der Waals surface area contributed by atoms with Crippen molar-refractivity contribution in [1.29, 1.82) is 0 Å². The molecule has 1 aliphatic heterocycles. The van der Waals surface area contributed by atoms with E-state index in [4.69, 9.17) is 29.6 Å². The van der Waals surface area contributed by atoms with E-state index in [2.05, 4.69) is 4.90 Å². The largest absolute Gasteiger partial charge is 0.481 e. The van der Waals surface area contributed by atoms with Crippen molar-refractivity contribution in [3.63, 3.8) is 0 Å². The zero-order valence-electron chi connectivity index (χ0n) is 21.5. The van der Waals surface area contributed by atoms with Crippen molar-refractivity contribution in [3.8, 4) is 0 Å². The maximum absolute atomic E-state index is 13.2. The molecular weight excluding hydrogens is 529 g/mol. The third-order valence-corrected chi connectivity index (χ3v) is 6.24. The van der Waals surface area contributed by atoms with Crippen molar-refractivity contribution >= 4 is 28.9 Å². The van der Waals surface area contributed by atoms with E-state index >= 15 is 0 Å². The molecule has 1 aliphatic rings. The lowest BCUT2D eigenvalue weighted by Crippen LogP contribution is -2.42. The highest BCUT2D eigenvalue weighted by atomic mass is 19.1. The number of para-hydroxylation sites is 1. The molecule has 0 bridgehead atoms. The van der Waals surface area contributed by atoms with E-state index in [1.807, 2.05) is 12.1 Å². The van der Waals surface area contributed by atoms with Crippen molar-refractivity contribution in [2.45, 2.75) is 50.5 Å². The molecule has 3 aromatic rings. The van der Waals surface area contributed by atoms with E-state index in [1.165, 1.54) is 12.1 Å². The van der Waals surface area contributed by atoms with Crippen LogP contribution in [0, 0.1) is 5.82 Å². The Morgan fingerprint density at radius 2 is 1.62 bits per heavy atom. The highest BCUT2D eigenvalue weighted by Gasteiger charge is 2.40. The zero-order chi connectivity index (χ0) is 29.3. The topological polar surface area (TPSA) is 175 Å². The number of hydrogen-bond donors (Lipinski definition) is 4. The molecule has 214 valence electrons. The molecule has 2 aromatic carbocycles. The molecule has 0 saturated carbocycles. The maximum Gasteiger partial charge on any atom is 0.336 e. The number of halogens is 1. The van der Waals surface area contributed by atoms with Gasteiger partial charge in [-0.25, -0.2) is 9.18 Å². The molecule has 0 aliphatic carbocycles. The number of hydrogen-bond acceptors (Lipinski definition) is 8. The zero-order valence-corrected chi connectivity index (χ0v) is 21.5. The summed E-state index contributed by atoms with van der Waals surface area (Å²) in [5, 5.41) is 34.4. The summed E-state index contributed by atoms with van der Waals surface area (Å²) in [4.78, 5) is 45.5. The summed E-state index contributed by atoms with van der Waals surface area (Å²) >= 11 is 0. The predicted molar refractivity (Wildman–Crippen MR) is 139 cm³/mol. The van der Waals surface area contributed by atoms with Gasteiger partial charge in [-0.15, -0.1) is 0 Å². The molecule has 0 spiro atoms. The van der Waals surface area contributed by atoms with Gasteiger partial charge in [-0.3, -0.25) is 19.3 Å². The van der Waals surface area contributed by atoms with E-state index in [-0.39, 0.29) is 17.3 Å². The second-order valence-electron chi connectivity index (χ2n) is 9.50. The molecule has 12 heteroatoms. The summed E-state index contributed by atoms with van der Waals surface area (Å²) in [6.45, 7) is 2.59. The van der Waals surface area contributed by atoms with Crippen molar-refractivity contribution in [2.75, 3.05) is 13.2 Å². The number of aliphatic carboxylic acids is 3. The van der Waals surface area contributed by atoms with Gasteiger partial charge in [0.05, 0.1) is 30.6 Å². The Morgan fingerprint density at radius 1 is 0.975 bits per heavy atom. The minimum atomic E-state index is -2.74. The molecule has 0 radical (unpaired) electrons. The molecular formula is C28H30FNO10. The maximum atomic E-state index is 13.2. The number of carboxylic acid groups (broad SMARTS) is 3. The van der Waals surface area contributed by atoms with Gasteiger partial charge in [-0.1, -0.05) is 24.3 Å². The summed E-state index contributed by atoms with van der Waals surface area (Å²) in [5.74, 6) is -5.27. The summed E-state index contributed by atoms with van der Waals surface area (Å²) in [6, 6.07) is 13.8. The number of nitrogens with zero attached hydrogens (tertiary/aromatic N) is 1. The summed E-state index contributed by atoms with van der Waals surface area (Å²) in [6.07, 6.45) is 1.51. The van der Waals surface area contributed by atoms with Crippen molar-refractivity contribution in [3.05, 3.63) is 82.0 Å². The van der Waals surface area contributed by atoms with Crippen LogP contribution in [0.1, 0.15) is 36.8 Å². The average Bonchev–Trinajstić information content (AvgIpc) is 3.40. The Morgan fingerprint density at radius 3 is 2.20 bits per heavy atom. The normalized spacial score (nSPS) is 15.0. The van der Waals surface area contributed by atoms with Gasteiger partial charge in [-0.2, -0.15) is 0 Å². The fourth-order valence-electron chi connectivity index (χ4n) is 4.29. The SMILES string of the molecule is O=C(O)CC(O)(CC(=O)O)C(=O)O.O=c1c(CN(Cc2ccc(F)cc2)CC2CCCO2)coc2ccccc12. The van der Waals surface area contributed by atoms with Gasteiger partial charge in [0.2, 0.25) is 0 Å². The van der Waals surface area contributed by atoms with Crippen LogP contribution in [0.2, 0.25) is 0 Å². The van der Waals surface area contributed by atoms with Crippen LogP contribution in [0.3, 0.4) is 0 Å². The van der Waals surface area contributed by atoms with Crippen LogP contribution in [-0.4, -0.2) is 68.1 Å². The number of carboxylic acids is 3. The molecule has 4 rings (SSSR count). The van der Waals surface area contributed by atoms with Crippen LogP contribution < -0.4 is 5.43 Å². The standard InChI is InChI=1S/C22H22FNO3.C6H8O7/c23-18-9-7-16(8-10-18)12-24(14-19-4-3-11-26-19)13-17-15-27-21-6-2-1-5-20(21)22(17)25;7-3(8)1-6(13,5(11)12)2-4(9)10/h1-2,5-10,15,19H,3-4,11-14H2;13H,1-2H2,(H,7,8)(H,9,10)(H,11,12). The number of benzene rings is 2. The van der Waals surface area contributed by atoms with E-state index in [0.29, 0.717) is 29.6 Å². The molecule has 1 fully saturated rings. The lowest BCUT2D eigenvalue weighted by atomic mass is 9.96. The van der Waals surface area contributed by atoms with Crippen LogP contribution in [0.15, 0.2) is 64.0 Å². The van der Waals surface area contributed by atoms with Crippen LogP contribution in [0.4, 0.5) is 4.39 Å². The third-order valence-electron chi connectivity index (χ3n) is 6.24. The van der Waals surface area contributed by atoms with Crippen molar-refractivity contribution in [1.82, 2.24) is 4.90 Å². The molecule has 11 nitrogen and oxygen atoms in total. The van der Waals surface area contributed by atoms with Gasteiger partial charge in [0.1, 0.15) is 11.4 Å². The van der Waals surface area contributed by atoms with Crippen LogP contribution >= 0.6 is 0 Å².